The zero-order valence-corrected chi connectivity index (χ0v) is 33.7. The summed E-state index contributed by atoms with van der Waals surface area (Å²) in [4.78, 5) is 0. The largest absolute Gasteiger partial charge is 0.633 e. The molecule has 0 radical (unpaired) electrons. The monoisotopic (exact) mass is 810 g/mol. The van der Waals surface area contributed by atoms with Crippen LogP contribution in [0, 0.1) is 0 Å². The van der Waals surface area contributed by atoms with E-state index in [0.717, 1.165) is 117 Å². The summed E-state index contributed by atoms with van der Waals surface area (Å²) in [6.07, 6.45) is 0. The molecule has 0 atom stereocenters. The van der Waals surface area contributed by atoms with Gasteiger partial charge in [-0.2, -0.15) is 0 Å². The molecule has 0 aromatic heterocycles. The third-order valence-electron chi connectivity index (χ3n) is 12.5. The molecule has 6 nitrogen and oxygen atoms in total. The first-order chi connectivity index (χ1) is 31.2. The van der Waals surface area contributed by atoms with Crippen molar-refractivity contribution in [2.75, 3.05) is 0 Å². The Kier molecular flexibility index (Phi) is 8.10. The molecule has 9 heteroatoms. The predicted octanol–water partition coefficient (Wildman–Crippen LogP) is 10.6. The fourth-order valence-corrected chi connectivity index (χ4v) is 9.51. The van der Waals surface area contributed by atoms with Gasteiger partial charge < -0.3 is 27.9 Å². The van der Waals surface area contributed by atoms with E-state index in [1.54, 1.807) is 0 Å². The van der Waals surface area contributed by atoms with Crippen LogP contribution >= 0.6 is 0 Å². The van der Waals surface area contributed by atoms with Crippen LogP contribution < -0.4 is 44.3 Å². The van der Waals surface area contributed by atoms with Crippen LogP contribution in [0.3, 0.4) is 0 Å². The average Bonchev–Trinajstić information content (AvgIpc) is 4.10. The van der Waals surface area contributed by atoms with E-state index in [2.05, 4.69) is 127 Å². The summed E-state index contributed by atoms with van der Waals surface area (Å²) < 4.78 is 38.1. The number of hydrogen-bond acceptors (Lipinski definition) is 6. The molecule has 13 rings (SSSR count). The van der Waals surface area contributed by atoms with Gasteiger partial charge in [0.25, 0.3) is 0 Å². The molecular weight excluding hydrogens is 777 g/mol. The van der Waals surface area contributed by atoms with Crippen molar-refractivity contribution in [3.8, 4) is 67.9 Å². The van der Waals surface area contributed by atoms with E-state index in [1.165, 1.54) is 0 Å². The molecule has 0 saturated carbocycles. The summed E-state index contributed by atoms with van der Waals surface area (Å²) in [7, 11) is -1.67. The molecule has 63 heavy (non-hydrogen) atoms. The van der Waals surface area contributed by atoms with E-state index in [4.69, 9.17) is 27.9 Å². The van der Waals surface area contributed by atoms with E-state index >= 15 is 0 Å². The van der Waals surface area contributed by atoms with Crippen LogP contribution in [-0.2, 0) is 0 Å². The number of rotatable bonds is 6. The Bertz CT molecular complexity index is 3030. The molecule has 0 aliphatic carbocycles. The van der Waals surface area contributed by atoms with Gasteiger partial charge >= 0.3 is 21.4 Å². The van der Waals surface area contributed by atoms with Crippen LogP contribution in [0.1, 0.15) is 0 Å². The molecule has 0 fully saturated rings. The van der Waals surface area contributed by atoms with Crippen LogP contribution in [-0.4, -0.2) is 21.4 Å². The summed E-state index contributed by atoms with van der Waals surface area (Å²) in [5, 5.41) is 6.52. The number of fused-ring (bicyclic) bond motifs is 6. The molecule has 294 valence electrons. The van der Waals surface area contributed by atoms with Gasteiger partial charge in [0.2, 0.25) is 0 Å². The van der Waals surface area contributed by atoms with Gasteiger partial charge in [0.05, 0.1) is 0 Å². The van der Waals surface area contributed by atoms with Gasteiger partial charge in [0.15, 0.2) is 0 Å². The first kappa shape index (κ1) is 35.7. The molecule has 10 aromatic carbocycles. The van der Waals surface area contributed by atoms with E-state index in [0.29, 0.717) is 0 Å². The SMILES string of the molecule is c1ccc2c(c1)OB(c1ccc(-c3cc(-c4ccc(B5Oc6ccccc6O5)c5ccccc45)cc(-c4ccc(B5Oc6ccccc6O5)c5ccccc45)c3)c3ccccc13)O2. The normalized spacial score (nSPS) is 13.4. The molecule has 3 aliphatic rings. The van der Waals surface area contributed by atoms with E-state index < -0.39 is 21.4 Å². The molecule has 0 bridgehead atoms. The number of hydrogen-bond donors (Lipinski definition) is 0. The molecular formula is C54H33B3O6. The third kappa shape index (κ3) is 5.92. The van der Waals surface area contributed by atoms with Crippen LogP contribution in [0.4, 0.5) is 0 Å². The molecule has 0 saturated heterocycles. The van der Waals surface area contributed by atoms with Gasteiger partial charge in [0, 0.05) is 16.4 Å². The summed E-state index contributed by atoms with van der Waals surface area (Å²) in [5.74, 6) is 4.48. The second-order valence-corrected chi connectivity index (χ2v) is 16.1. The minimum atomic E-state index is -0.556. The lowest BCUT2D eigenvalue weighted by Gasteiger charge is -2.18. The maximum atomic E-state index is 6.35. The second-order valence-electron chi connectivity index (χ2n) is 16.1. The van der Waals surface area contributed by atoms with Gasteiger partial charge in [-0.1, -0.05) is 146 Å². The number of benzene rings is 10. The Balaban J connectivity index is 0.986. The first-order valence-corrected chi connectivity index (χ1v) is 21.2. The van der Waals surface area contributed by atoms with Crippen molar-refractivity contribution in [3.05, 3.63) is 200 Å². The quantitative estimate of drug-likeness (QED) is 0.156. The molecule has 0 spiro atoms. The predicted molar refractivity (Wildman–Crippen MR) is 255 cm³/mol. The Morgan fingerprint density at radius 2 is 0.444 bits per heavy atom. The Labute approximate surface area is 364 Å². The highest BCUT2D eigenvalue weighted by Gasteiger charge is 2.38. The molecule has 0 N–H and O–H groups in total. The highest BCUT2D eigenvalue weighted by atomic mass is 16.6. The Hall–Kier alpha value is -8.03. The fraction of sp³-hybridized carbons (Fsp3) is 0. The van der Waals surface area contributed by atoms with Crippen molar-refractivity contribution in [3.63, 3.8) is 0 Å². The smallest absolute Gasteiger partial charge is 0.519 e. The van der Waals surface area contributed by atoms with Crippen molar-refractivity contribution in [1.82, 2.24) is 0 Å². The number of para-hydroxylation sites is 6. The van der Waals surface area contributed by atoms with Crippen molar-refractivity contribution in [1.29, 1.82) is 0 Å². The lowest BCUT2D eigenvalue weighted by atomic mass is 9.74. The standard InChI is InChI=1S/C54H33B3O6/c1-4-16-43-40(13-1)37(25-28-46(43)55-58-49-19-7-8-20-50(49)59-55)34-31-35(38-26-29-47(44-17-5-2-14-41(38)44)56-60-51-21-9-10-22-52(51)61-56)33-36(32-34)39-27-30-48(45-18-6-3-15-42(39)45)57-62-53-23-11-12-24-54(53)63-57/h1-33H. The summed E-state index contributed by atoms with van der Waals surface area (Å²) in [6, 6.07) is 69.1. The Morgan fingerprint density at radius 3 is 0.698 bits per heavy atom. The van der Waals surface area contributed by atoms with E-state index in [1.807, 2.05) is 72.8 Å². The van der Waals surface area contributed by atoms with Gasteiger partial charge in [-0.15, -0.1) is 0 Å². The van der Waals surface area contributed by atoms with Crippen molar-refractivity contribution < 1.29 is 27.9 Å². The maximum Gasteiger partial charge on any atom is 0.633 e. The minimum absolute atomic E-state index is 0.556. The molecule has 0 unspecified atom stereocenters. The topological polar surface area (TPSA) is 55.4 Å². The Morgan fingerprint density at radius 1 is 0.222 bits per heavy atom. The maximum absolute atomic E-state index is 6.35. The zero-order valence-electron chi connectivity index (χ0n) is 33.7. The fourth-order valence-electron chi connectivity index (χ4n) is 9.51. The molecule has 3 aliphatic heterocycles. The van der Waals surface area contributed by atoms with E-state index in [9.17, 15) is 0 Å². The minimum Gasteiger partial charge on any atom is -0.519 e. The zero-order chi connectivity index (χ0) is 41.4. The van der Waals surface area contributed by atoms with Crippen LogP contribution in [0.5, 0.6) is 34.5 Å². The first-order valence-electron chi connectivity index (χ1n) is 21.2. The lowest BCUT2D eigenvalue weighted by Crippen LogP contribution is -2.39. The molecule has 3 heterocycles. The summed E-state index contributed by atoms with van der Waals surface area (Å²) in [6.45, 7) is 0. The van der Waals surface area contributed by atoms with E-state index in [-0.39, 0.29) is 0 Å². The third-order valence-corrected chi connectivity index (χ3v) is 12.5. The molecule has 0 amide bonds. The van der Waals surface area contributed by atoms with Crippen molar-refractivity contribution in [2.45, 2.75) is 0 Å². The summed E-state index contributed by atoms with van der Waals surface area (Å²) in [5.41, 5.74) is 9.48. The van der Waals surface area contributed by atoms with Gasteiger partial charge in [0.1, 0.15) is 34.5 Å². The van der Waals surface area contributed by atoms with Gasteiger partial charge in [-0.3, -0.25) is 0 Å². The van der Waals surface area contributed by atoms with Crippen molar-refractivity contribution in [2.24, 2.45) is 0 Å². The lowest BCUT2D eigenvalue weighted by molar-refractivity contribution is 0.518. The summed E-state index contributed by atoms with van der Waals surface area (Å²) >= 11 is 0. The highest BCUT2D eigenvalue weighted by molar-refractivity contribution is 6.68. The average molecular weight is 810 g/mol. The second kappa shape index (κ2) is 14.3. The van der Waals surface area contributed by atoms with Crippen LogP contribution in [0.25, 0.3) is 65.7 Å². The molecule has 10 aromatic rings. The van der Waals surface area contributed by atoms with Crippen LogP contribution in [0.2, 0.25) is 0 Å². The highest BCUT2D eigenvalue weighted by Crippen LogP contribution is 2.42. The van der Waals surface area contributed by atoms with Crippen molar-refractivity contribution >= 4 is 70.1 Å². The van der Waals surface area contributed by atoms with Gasteiger partial charge in [-0.05, 0) is 120 Å². The van der Waals surface area contributed by atoms with Gasteiger partial charge in [-0.25, -0.2) is 0 Å². The van der Waals surface area contributed by atoms with Crippen LogP contribution in [0.15, 0.2) is 200 Å².